The van der Waals surface area contributed by atoms with Crippen molar-refractivity contribution < 1.29 is 9.53 Å². The predicted molar refractivity (Wildman–Crippen MR) is 132 cm³/mol. The van der Waals surface area contributed by atoms with Crippen molar-refractivity contribution in [2.24, 2.45) is 17.3 Å². The molecule has 172 valence electrons. The van der Waals surface area contributed by atoms with Gasteiger partial charge in [-0.05, 0) is 54.7 Å². The van der Waals surface area contributed by atoms with Crippen molar-refractivity contribution in [2.75, 3.05) is 31.2 Å². The van der Waals surface area contributed by atoms with Crippen LogP contribution in [0.2, 0.25) is 0 Å². The van der Waals surface area contributed by atoms with Gasteiger partial charge >= 0.3 is 5.97 Å². The third-order valence-electron chi connectivity index (χ3n) is 5.78. The van der Waals surface area contributed by atoms with Gasteiger partial charge in [0.15, 0.2) is 0 Å². The lowest BCUT2D eigenvalue weighted by Crippen LogP contribution is -2.36. The molecule has 0 atom stereocenters. The van der Waals surface area contributed by atoms with E-state index in [1.54, 1.807) is 18.3 Å². The van der Waals surface area contributed by atoms with E-state index < -0.39 is 11.4 Å². The molecule has 11 heteroatoms. The third-order valence-corrected chi connectivity index (χ3v) is 5.78. The van der Waals surface area contributed by atoms with Crippen LogP contribution in [0.3, 0.4) is 0 Å². The van der Waals surface area contributed by atoms with Crippen molar-refractivity contribution in [3.63, 3.8) is 0 Å². The van der Waals surface area contributed by atoms with Crippen LogP contribution in [0, 0.1) is 25.2 Å². The van der Waals surface area contributed by atoms with Crippen LogP contribution in [0.4, 0.5) is 5.82 Å². The Kier molecular flexibility index (Phi) is 7.67. The molecule has 1 aliphatic rings. The summed E-state index contributed by atoms with van der Waals surface area (Å²) in [7, 11) is 12.0. The third kappa shape index (κ3) is 5.42. The van der Waals surface area contributed by atoms with Gasteiger partial charge in [-0.1, -0.05) is 6.07 Å². The van der Waals surface area contributed by atoms with Gasteiger partial charge in [-0.25, -0.2) is 15.6 Å². The first-order chi connectivity index (χ1) is 16.1. The van der Waals surface area contributed by atoms with E-state index in [4.69, 9.17) is 43.0 Å². The number of nitrogens with two attached hydrogens (primary N) is 3. The second kappa shape index (κ2) is 10.3. The van der Waals surface area contributed by atoms with E-state index in [-0.39, 0.29) is 0 Å². The van der Waals surface area contributed by atoms with Crippen molar-refractivity contribution in [2.45, 2.75) is 25.7 Å². The number of pyridine rings is 1. The smallest absolute Gasteiger partial charge is 0.337 e. The number of rotatable bonds is 9. The fourth-order valence-electron chi connectivity index (χ4n) is 4.03. The number of anilines is 1. The zero-order valence-electron chi connectivity index (χ0n) is 19.4. The standard InChI is InChI=1S/C23H27B2N7O2/c1-14-9-20(30-11-17(14)10-27)32(29)13-18(28)12-31(8-6-26)7-5-16-3-4-19-21(15(16)2)23(24,25)34-22(19)33/h3-4,9,11,13H,5-8,12,26,28-29H2,1-2H3/b18-13-. The molecule has 0 amide bonds. The average molecular weight is 455 g/mol. The molecular formula is C23H27B2N7O2. The molecule has 0 unspecified atom stereocenters. The minimum absolute atomic E-state index is 0.395. The number of ether oxygens (including phenoxy) is 1. The Morgan fingerprint density at radius 2 is 2.06 bits per heavy atom. The van der Waals surface area contributed by atoms with Crippen LogP contribution in [0.1, 0.15) is 38.2 Å². The number of carbonyl (C=O) groups is 1. The molecule has 6 N–H and O–H groups in total. The van der Waals surface area contributed by atoms with Crippen LogP contribution in [0.25, 0.3) is 0 Å². The Balaban J connectivity index is 1.70. The Morgan fingerprint density at radius 1 is 1.32 bits per heavy atom. The highest BCUT2D eigenvalue weighted by molar-refractivity contribution is 6.41. The number of esters is 1. The minimum Gasteiger partial charge on any atom is -0.471 e. The number of aromatic nitrogens is 1. The van der Waals surface area contributed by atoms with E-state index in [1.165, 1.54) is 11.2 Å². The van der Waals surface area contributed by atoms with Gasteiger partial charge in [0.25, 0.3) is 0 Å². The van der Waals surface area contributed by atoms with Gasteiger partial charge in [0.1, 0.15) is 27.6 Å². The van der Waals surface area contributed by atoms with Gasteiger partial charge in [0, 0.05) is 44.3 Å². The van der Waals surface area contributed by atoms with E-state index in [1.807, 2.05) is 19.9 Å². The van der Waals surface area contributed by atoms with Crippen molar-refractivity contribution in [3.05, 3.63) is 69.7 Å². The molecule has 0 aliphatic carbocycles. The molecule has 1 aromatic carbocycles. The quantitative estimate of drug-likeness (QED) is 0.208. The first kappa shape index (κ1) is 25.3. The summed E-state index contributed by atoms with van der Waals surface area (Å²) in [4.78, 5) is 18.3. The monoisotopic (exact) mass is 455 g/mol. The summed E-state index contributed by atoms with van der Waals surface area (Å²) in [5.74, 6) is 6.06. The SMILES string of the molecule is [B]C1([B])OC(=O)c2ccc(CCN(CCN)C/C(N)=C/N(N)c3cc(C)c(C#N)cn3)c(C)c21. The molecule has 1 aromatic heterocycles. The highest BCUT2D eigenvalue weighted by atomic mass is 16.6. The first-order valence-electron chi connectivity index (χ1n) is 10.8. The number of cyclic esters (lactones) is 1. The van der Waals surface area contributed by atoms with Gasteiger partial charge in [0.2, 0.25) is 0 Å². The lowest BCUT2D eigenvalue weighted by molar-refractivity contribution is 0.0444. The fourth-order valence-corrected chi connectivity index (χ4v) is 4.03. The molecule has 0 bridgehead atoms. The Bertz CT molecular complexity index is 1160. The molecule has 0 saturated heterocycles. The van der Waals surface area contributed by atoms with Crippen molar-refractivity contribution in [3.8, 4) is 6.07 Å². The van der Waals surface area contributed by atoms with Crippen molar-refractivity contribution >= 4 is 27.5 Å². The van der Waals surface area contributed by atoms with Gasteiger partial charge < -0.3 is 16.2 Å². The Morgan fingerprint density at radius 3 is 2.71 bits per heavy atom. The summed E-state index contributed by atoms with van der Waals surface area (Å²) in [6.45, 7) is 5.86. The molecule has 1 aliphatic heterocycles. The predicted octanol–water partition coefficient (Wildman–Crippen LogP) is 0.171. The first-order valence-corrected chi connectivity index (χ1v) is 10.8. The normalized spacial score (nSPS) is 14.6. The zero-order chi connectivity index (χ0) is 25.0. The Labute approximate surface area is 202 Å². The molecule has 0 fully saturated rings. The molecule has 2 aromatic rings. The molecule has 9 nitrogen and oxygen atoms in total. The van der Waals surface area contributed by atoms with Crippen LogP contribution in [0.5, 0.6) is 0 Å². The van der Waals surface area contributed by atoms with Crippen LogP contribution in [-0.4, -0.2) is 57.7 Å². The van der Waals surface area contributed by atoms with E-state index in [9.17, 15) is 4.79 Å². The van der Waals surface area contributed by atoms with Crippen LogP contribution in [0.15, 0.2) is 36.3 Å². The van der Waals surface area contributed by atoms with Crippen LogP contribution < -0.4 is 22.3 Å². The molecule has 3 rings (SSSR count). The lowest BCUT2D eigenvalue weighted by Gasteiger charge is -2.25. The summed E-state index contributed by atoms with van der Waals surface area (Å²) in [5.41, 5.74) is 16.6. The maximum absolute atomic E-state index is 12.0. The molecule has 0 spiro atoms. The van der Waals surface area contributed by atoms with Gasteiger partial charge in [-0.3, -0.25) is 9.91 Å². The fraction of sp³-hybridized carbons (Fsp3) is 0.348. The largest absolute Gasteiger partial charge is 0.471 e. The second-order valence-electron chi connectivity index (χ2n) is 8.35. The highest BCUT2D eigenvalue weighted by Gasteiger charge is 2.38. The summed E-state index contributed by atoms with van der Waals surface area (Å²) in [5, 5.41) is 8.76. The summed E-state index contributed by atoms with van der Waals surface area (Å²) in [6.07, 6.45) is 3.74. The summed E-state index contributed by atoms with van der Waals surface area (Å²) in [6, 6.07) is 7.38. The number of hydrazine groups is 1. The maximum atomic E-state index is 12.0. The van der Waals surface area contributed by atoms with Gasteiger partial charge in [-0.2, -0.15) is 5.26 Å². The number of nitriles is 1. The van der Waals surface area contributed by atoms with Gasteiger partial charge in [-0.15, -0.1) is 0 Å². The minimum atomic E-state index is -1.63. The summed E-state index contributed by atoms with van der Waals surface area (Å²) < 4.78 is 5.09. The van der Waals surface area contributed by atoms with E-state index >= 15 is 0 Å². The molecule has 2 heterocycles. The average Bonchev–Trinajstić information content (AvgIpc) is 3.01. The number of nitrogens with zero attached hydrogens (tertiary/aromatic N) is 4. The number of hydrogen-bond acceptors (Lipinski definition) is 9. The number of benzene rings is 1. The number of aryl methyl sites for hydroxylation is 1. The van der Waals surface area contributed by atoms with Crippen LogP contribution >= 0.6 is 0 Å². The number of hydrogen-bond donors (Lipinski definition) is 3. The Hall–Kier alpha value is -3.32. The van der Waals surface area contributed by atoms with Crippen molar-refractivity contribution in [1.29, 1.82) is 5.26 Å². The molecule has 34 heavy (non-hydrogen) atoms. The number of fused-ring (bicyclic) bond motifs is 1. The molecule has 4 radical (unpaired) electrons. The molecule has 0 saturated carbocycles. The maximum Gasteiger partial charge on any atom is 0.337 e. The highest BCUT2D eigenvalue weighted by Crippen LogP contribution is 2.35. The van der Waals surface area contributed by atoms with E-state index in [2.05, 4.69) is 16.0 Å². The summed E-state index contributed by atoms with van der Waals surface area (Å²) >= 11 is 0. The van der Waals surface area contributed by atoms with E-state index in [0.717, 1.165) is 16.7 Å². The van der Waals surface area contributed by atoms with Gasteiger partial charge in [0.05, 0.1) is 16.5 Å². The van der Waals surface area contributed by atoms with E-state index in [0.29, 0.717) is 60.8 Å². The topological polar surface area (TPSA) is 148 Å². The second-order valence-corrected chi connectivity index (χ2v) is 8.35. The lowest BCUT2D eigenvalue weighted by atomic mass is 9.60. The number of carbonyl (C=O) groups excluding carboxylic acids is 1. The molecular weight excluding hydrogens is 428 g/mol. The van der Waals surface area contributed by atoms with Crippen molar-refractivity contribution in [1.82, 2.24) is 9.88 Å². The van der Waals surface area contributed by atoms with Crippen LogP contribution in [-0.2, 0) is 16.6 Å². The zero-order valence-corrected chi connectivity index (χ0v) is 19.4.